The molecule has 2 heteroatoms. The van der Waals surface area contributed by atoms with Gasteiger partial charge in [-0.25, -0.2) is 0 Å². The summed E-state index contributed by atoms with van der Waals surface area (Å²) in [6.07, 6.45) is 1.63. The lowest BCUT2D eigenvalue weighted by molar-refractivity contribution is 0.0618. The van der Waals surface area contributed by atoms with E-state index in [0.29, 0.717) is 0 Å². The van der Waals surface area contributed by atoms with Crippen LogP contribution in [0.1, 0.15) is 44.7 Å². The van der Waals surface area contributed by atoms with Crippen LogP contribution in [0.4, 0.5) is 0 Å². The van der Waals surface area contributed by atoms with Gasteiger partial charge in [-0.1, -0.05) is 59.7 Å². The predicted octanol–water partition coefficient (Wildman–Crippen LogP) is 4.40. The van der Waals surface area contributed by atoms with Crippen molar-refractivity contribution in [2.75, 3.05) is 0 Å². The Morgan fingerprint density at radius 3 is 1.27 bits per heavy atom. The molecule has 1 fully saturated rings. The number of benzene rings is 2. The number of hydrogen-bond donors (Lipinski definition) is 0. The minimum atomic E-state index is -0.156. The molecular formula is C20H20O2. The number of hydrogen-bond acceptors (Lipinski definition) is 2. The first-order valence-electron chi connectivity index (χ1n) is 7.78. The first kappa shape index (κ1) is 14.7. The molecule has 112 valence electrons. The molecule has 0 heterocycles. The van der Waals surface area contributed by atoms with E-state index in [0.717, 1.165) is 35.1 Å². The summed E-state index contributed by atoms with van der Waals surface area (Å²) in [6, 6.07) is 15.2. The largest absolute Gasteiger partial charge is 0.294 e. The molecule has 1 aliphatic rings. The summed E-state index contributed by atoms with van der Waals surface area (Å²) in [5.74, 6) is -0.0959. The second-order valence-corrected chi connectivity index (χ2v) is 6.25. The Bertz CT molecular complexity index is 632. The monoisotopic (exact) mass is 292 g/mol. The van der Waals surface area contributed by atoms with Crippen molar-refractivity contribution < 1.29 is 9.59 Å². The van der Waals surface area contributed by atoms with Gasteiger partial charge in [0.05, 0.1) is 0 Å². The van der Waals surface area contributed by atoms with E-state index >= 15 is 0 Å². The summed E-state index contributed by atoms with van der Waals surface area (Å²) in [7, 11) is 0. The standard InChI is InChI=1S/C20H20O2/c1-13-3-7-15(8-4-13)19(21)17-11-12-18(17)20(22)16-9-5-14(2)6-10-16/h3-10,17-18H,11-12H2,1-2H3/t17-,18+. The third kappa shape index (κ3) is 2.74. The minimum Gasteiger partial charge on any atom is -0.294 e. The zero-order valence-electron chi connectivity index (χ0n) is 13.0. The molecule has 22 heavy (non-hydrogen) atoms. The Morgan fingerprint density at radius 1 is 0.682 bits per heavy atom. The average Bonchev–Trinajstić information content (AvgIpc) is 2.47. The van der Waals surface area contributed by atoms with Crippen LogP contribution < -0.4 is 0 Å². The molecule has 2 aromatic carbocycles. The molecule has 0 aromatic heterocycles. The molecule has 1 aliphatic carbocycles. The second kappa shape index (κ2) is 5.88. The van der Waals surface area contributed by atoms with E-state index in [1.165, 1.54) is 0 Å². The summed E-state index contributed by atoms with van der Waals surface area (Å²) in [5.41, 5.74) is 3.71. The van der Waals surface area contributed by atoms with E-state index in [-0.39, 0.29) is 23.4 Å². The second-order valence-electron chi connectivity index (χ2n) is 6.25. The zero-order chi connectivity index (χ0) is 15.7. The van der Waals surface area contributed by atoms with Crippen molar-refractivity contribution in [2.24, 2.45) is 11.8 Å². The maximum absolute atomic E-state index is 12.6. The molecule has 3 rings (SSSR count). The van der Waals surface area contributed by atoms with E-state index in [1.54, 1.807) is 0 Å². The van der Waals surface area contributed by atoms with Crippen molar-refractivity contribution in [3.63, 3.8) is 0 Å². The molecule has 2 aromatic rings. The molecule has 2 atom stereocenters. The first-order valence-corrected chi connectivity index (χ1v) is 7.78. The van der Waals surface area contributed by atoms with E-state index in [2.05, 4.69) is 0 Å². The zero-order valence-corrected chi connectivity index (χ0v) is 13.0. The van der Waals surface area contributed by atoms with E-state index in [1.807, 2.05) is 62.4 Å². The molecule has 0 N–H and O–H groups in total. The van der Waals surface area contributed by atoms with Gasteiger partial charge in [-0.3, -0.25) is 9.59 Å². The van der Waals surface area contributed by atoms with Crippen LogP contribution in [0.25, 0.3) is 0 Å². The highest BCUT2D eigenvalue weighted by molar-refractivity contribution is 6.06. The van der Waals surface area contributed by atoms with Gasteiger partial charge in [0.1, 0.15) is 0 Å². The topological polar surface area (TPSA) is 34.1 Å². The predicted molar refractivity (Wildman–Crippen MR) is 87.2 cm³/mol. The molecule has 2 nitrogen and oxygen atoms in total. The van der Waals surface area contributed by atoms with Crippen LogP contribution in [-0.4, -0.2) is 11.6 Å². The van der Waals surface area contributed by atoms with E-state index in [4.69, 9.17) is 0 Å². The Morgan fingerprint density at radius 2 is 1.00 bits per heavy atom. The van der Waals surface area contributed by atoms with E-state index in [9.17, 15) is 9.59 Å². The number of ketones is 2. The maximum atomic E-state index is 12.6. The van der Waals surface area contributed by atoms with Gasteiger partial charge in [0.2, 0.25) is 0 Å². The quantitative estimate of drug-likeness (QED) is 0.783. The van der Waals surface area contributed by atoms with Crippen molar-refractivity contribution in [1.82, 2.24) is 0 Å². The highest BCUT2D eigenvalue weighted by Crippen LogP contribution is 2.39. The summed E-state index contributed by atoms with van der Waals surface area (Å²) < 4.78 is 0. The molecule has 1 saturated carbocycles. The first-order chi connectivity index (χ1) is 10.6. The van der Waals surface area contributed by atoms with Crippen molar-refractivity contribution in [3.05, 3.63) is 70.8 Å². The molecule has 0 unspecified atom stereocenters. The van der Waals surface area contributed by atoms with Crippen LogP contribution in [0, 0.1) is 25.7 Å². The van der Waals surface area contributed by atoms with Gasteiger partial charge in [0.25, 0.3) is 0 Å². The fraction of sp³-hybridized carbons (Fsp3) is 0.300. The Hall–Kier alpha value is -2.22. The van der Waals surface area contributed by atoms with Crippen molar-refractivity contribution >= 4 is 11.6 Å². The van der Waals surface area contributed by atoms with Gasteiger partial charge in [-0.2, -0.15) is 0 Å². The minimum absolute atomic E-state index is 0.108. The lowest BCUT2D eigenvalue weighted by atomic mass is 9.67. The number of Topliss-reactive ketones (excluding diaryl/α,β-unsaturated/α-hetero) is 2. The third-order valence-electron chi connectivity index (χ3n) is 4.62. The lowest BCUT2D eigenvalue weighted by Crippen LogP contribution is -2.38. The fourth-order valence-corrected chi connectivity index (χ4v) is 2.99. The molecule has 0 bridgehead atoms. The lowest BCUT2D eigenvalue weighted by Gasteiger charge is -2.34. The molecule has 0 spiro atoms. The Kier molecular flexibility index (Phi) is 3.93. The van der Waals surface area contributed by atoms with Crippen LogP contribution >= 0.6 is 0 Å². The highest BCUT2D eigenvalue weighted by Gasteiger charge is 2.41. The van der Waals surface area contributed by atoms with Crippen LogP contribution in [0.15, 0.2) is 48.5 Å². The van der Waals surface area contributed by atoms with Crippen LogP contribution in [-0.2, 0) is 0 Å². The molecule has 0 aliphatic heterocycles. The number of carbonyl (C=O) groups excluding carboxylic acids is 2. The average molecular weight is 292 g/mol. The van der Waals surface area contributed by atoms with Crippen LogP contribution in [0.2, 0.25) is 0 Å². The normalized spacial score (nSPS) is 20.3. The van der Waals surface area contributed by atoms with Gasteiger partial charge in [-0.15, -0.1) is 0 Å². The third-order valence-corrected chi connectivity index (χ3v) is 4.62. The van der Waals surface area contributed by atoms with Crippen LogP contribution in [0.3, 0.4) is 0 Å². The number of aryl methyl sites for hydroxylation is 2. The molecule has 0 radical (unpaired) electrons. The Labute approximate surface area is 131 Å². The van der Waals surface area contributed by atoms with Crippen molar-refractivity contribution in [1.29, 1.82) is 0 Å². The van der Waals surface area contributed by atoms with E-state index < -0.39 is 0 Å². The molecular weight excluding hydrogens is 272 g/mol. The van der Waals surface area contributed by atoms with Gasteiger partial charge in [0.15, 0.2) is 11.6 Å². The van der Waals surface area contributed by atoms with Crippen LogP contribution in [0.5, 0.6) is 0 Å². The van der Waals surface area contributed by atoms with Gasteiger partial charge < -0.3 is 0 Å². The number of carbonyl (C=O) groups is 2. The van der Waals surface area contributed by atoms with Crippen molar-refractivity contribution in [2.45, 2.75) is 26.7 Å². The summed E-state index contributed by atoms with van der Waals surface area (Å²) >= 11 is 0. The Balaban J connectivity index is 1.76. The summed E-state index contributed by atoms with van der Waals surface area (Å²) in [5, 5.41) is 0. The number of rotatable bonds is 4. The maximum Gasteiger partial charge on any atom is 0.166 e. The highest BCUT2D eigenvalue weighted by atomic mass is 16.1. The van der Waals surface area contributed by atoms with Gasteiger partial charge in [-0.05, 0) is 26.7 Å². The SMILES string of the molecule is Cc1ccc(C(=O)[C@H]2CC[C@H]2C(=O)c2ccc(C)cc2)cc1. The summed E-state index contributed by atoms with van der Waals surface area (Å²) in [4.78, 5) is 25.2. The molecule has 0 amide bonds. The van der Waals surface area contributed by atoms with Gasteiger partial charge >= 0.3 is 0 Å². The van der Waals surface area contributed by atoms with Gasteiger partial charge in [0, 0.05) is 23.0 Å². The smallest absolute Gasteiger partial charge is 0.166 e. The van der Waals surface area contributed by atoms with Crippen molar-refractivity contribution in [3.8, 4) is 0 Å². The molecule has 0 saturated heterocycles. The summed E-state index contributed by atoms with van der Waals surface area (Å²) in [6.45, 7) is 4.00. The fourth-order valence-electron chi connectivity index (χ4n) is 2.99.